The Labute approximate surface area is 212 Å². The van der Waals surface area contributed by atoms with Crippen molar-refractivity contribution in [2.45, 2.75) is 66.5 Å². The van der Waals surface area contributed by atoms with Crippen molar-refractivity contribution in [3.05, 3.63) is 41.5 Å². The highest BCUT2D eigenvalue weighted by Crippen LogP contribution is 2.18. The maximum absolute atomic E-state index is 13.4. The van der Waals surface area contributed by atoms with Crippen molar-refractivity contribution in [3.63, 3.8) is 0 Å². The van der Waals surface area contributed by atoms with Gasteiger partial charge < -0.3 is 20.1 Å². The van der Waals surface area contributed by atoms with E-state index in [1.165, 1.54) is 0 Å². The zero-order valence-electron chi connectivity index (χ0n) is 22.6. The lowest BCUT2D eigenvalue weighted by molar-refractivity contribution is -0.149. The Balaban J connectivity index is 2.28. The first-order valence-corrected chi connectivity index (χ1v) is 11.9. The number of rotatable bonds is 12. The minimum Gasteiger partial charge on any atom is -0.466 e. The van der Waals surface area contributed by atoms with E-state index < -0.39 is 41.8 Å². The van der Waals surface area contributed by atoms with Gasteiger partial charge in [-0.15, -0.1) is 0 Å². The molecule has 0 unspecified atom stereocenters. The van der Waals surface area contributed by atoms with Gasteiger partial charge in [-0.2, -0.15) is 5.10 Å². The van der Waals surface area contributed by atoms with Gasteiger partial charge in [0.1, 0.15) is 12.1 Å². The van der Waals surface area contributed by atoms with Crippen molar-refractivity contribution in [1.82, 2.24) is 25.4 Å². The van der Waals surface area contributed by atoms with Crippen LogP contribution in [0.5, 0.6) is 0 Å². The van der Waals surface area contributed by atoms with Gasteiger partial charge in [0.2, 0.25) is 5.91 Å². The normalized spacial score (nSPS) is 12.9. The lowest BCUT2D eigenvalue weighted by Crippen LogP contribution is -2.54. The lowest BCUT2D eigenvalue weighted by atomic mass is 10.0. The molecule has 2 aromatic heterocycles. The van der Waals surface area contributed by atoms with Gasteiger partial charge in [-0.3, -0.25) is 19.4 Å². The predicted molar refractivity (Wildman–Crippen MR) is 131 cm³/mol. The molecule has 2 N–H and O–H groups in total. The molecule has 0 saturated carbocycles. The third-order valence-corrected chi connectivity index (χ3v) is 5.40. The fraction of sp³-hybridized carbons (Fsp3) is 0.520. The molecule has 0 fully saturated rings. The first-order chi connectivity index (χ1) is 17.5. The standard InChI is InChI=1S/C25H35N5O6/c1-7-35-20(31)10-9-19(25(34)36-8-2)27-24(33)22(15(3)4)28-23(32)21-16(5)29-30(17(21)6)18-11-13-26-14-12-18/h11-15,19,22H,7-10H2,1-6H3,(H,27,33)(H,28,32)/t19-,22-/m0/s1/i/hD. The zero-order valence-corrected chi connectivity index (χ0v) is 21.6. The number of hydrogen-bond donors (Lipinski definition) is 2. The summed E-state index contributed by atoms with van der Waals surface area (Å²) in [6.07, 6.45) is 3.05. The van der Waals surface area contributed by atoms with Crippen LogP contribution in [0.15, 0.2) is 24.5 Å². The number of pyridine rings is 1. The van der Waals surface area contributed by atoms with Crippen molar-refractivity contribution in [3.8, 4) is 5.69 Å². The second-order valence-corrected chi connectivity index (χ2v) is 8.44. The van der Waals surface area contributed by atoms with Crippen molar-refractivity contribution in [2.24, 2.45) is 5.92 Å². The number of amides is 2. The quantitative estimate of drug-likeness (QED) is 0.420. The van der Waals surface area contributed by atoms with Gasteiger partial charge >= 0.3 is 11.9 Å². The number of nitrogens with zero attached hydrogens (tertiary/aromatic N) is 3. The van der Waals surface area contributed by atoms with Crippen LogP contribution < -0.4 is 10.6 Å². The van der Waals surface area contributed by atoms with Crippen LogP contribution in [0.3, 0.4) is 0 Å². The van der Waals surface area contributed by atoms with Crippen molar-refractivity contribution >= 4 is 23.8 Å². The van der Waals surface area contributed by atoms with Gasteiger partial charge in [0, 0.05) is 18.8 Å². The molecule has 2 aromatic rings. The summed E-state index contributed by atoms with van der Waals surface area (Å²) < 4.78 is 20.1. The summed E-state index contributed by atoms with van der Waals surface area (Å²) >= 11 is 0. The number of ether oxygens (including phenoxy) is 2. The fourth-order valence-corrected chi connectivity index (χ4v) is 3.63. The van der Waals surface area contributed by atoms with Crippen molar-refractivity contribution < 1.29 is 30.1 Å². The van der Waals surface area contributed by atoms with Crippen LogP contribution in [0.4, 0.5) is 0 Å². The zero-order chi connectivity index (χ0) is 27.7. The third-order valence-electron chi connectivity index (χ3n) is 5.40. The Morgan fingerprint density at radius 2 is 1.72 bits per heavy atom. The molecule has 0 saturated heterocycles. The minimum atomic E-state index is -1.23. The van der Waals surface area contributed by atoms with E-state index in [0.29, 0.717) is 22.4 Å². The predicted octanol–water partition coefficient (Wildman–Crippen LogP) is 2.03. The number of aryl methyl sites for hydroxylation is 1. The van der Waals surface area contributed by atoms with Gasteiger partial charge in [-0.25, -0.2) is 9.48 Å². The van der Waals surface area contributed by atoms with E-state index in [-0.39, 0.29) is 31.6 Å². The van der Waals surface area contributed by atoms with E-state index in [1.807, 2.05) is 0 Å². The molecule has 0 radical (unpaired) electrons. The number of hydrogen-bond acceptors (Lipinski definition) is 8. The first-order valence-electron chi connectivity index (χ1n) is 12.4. The molecule has 2 rings (SSSR count). The van der Waals surface area contributed by atoms with E-state index >= 15 is 0 Å². The molecule has 2 heterocycles. The molecule has 0 bridgehead atoms. The highest BCUT2D eigenvalue weighted by Gasteiger charge is 2.31. The summed E-state index contributed by atoms with van der Waals surface area (Å²) in [7, 11) is 0. The molecule has 2 amide bonds. The molecule has 0 aliphatic heterocycles. The number of carbonyl (C=O) groups is 4. The van der Waals surface area contributed by atoms with Gasteiger partial charge in [-0.1, -0.05) is 13.8 Å². The third kappa shape index (κ3) is 7.37. The molecular weight excluding hydrogens is 466 g/mol. The van der Waals surface area contributed by atoms with Crippen molar-refractivity contribution in [2.75, 3.05) is 13.2 Å². The van der Waals surface area contributed by atoms with Gasteiger partial charge in [-0.05, 0) is 52.2 Å². The fourth-order valence-electron chi connectivity index (χ4n) is 3.63. The first kappa shape index (κ1) is 26.8. The monoisotopic (exact) mass is 502 g/mol. The van der Waals surface area contributed by atoms with Crippen LogP contribution in [0.2, 0.25) is 1.41 Å². The van der Waals surface area contributed by atoms with E-state index in [4.69, 9.17) is 10.9 Å². The number of esters is 2. The summed E-state index contributed by atoms with van der Waals surface area (Å²) in [6.45, 7) is 10.3. The molecule has 36 heavy (non-hydrogen) atoms. The average molecular weight is 503 g/mol. The Hall–Kier alpha value is -3.76. The SMILES string of the molecule is [2H]N(C(=O)c1c(C)nn(-c2ccncc2)c1C)[C@H](C(=O)N[C@@H](CCC(=O)OCC)C(=O)OCC)C(C)C. The Morgan fingerprint density at radius 1 is 1.08 bits per heavy atom. The van der Waals surface area contributed by atoms with Crippen LogP contribution in [0.25, 0.3) is 5.69 Å². The van der Waals surface area contributed by atoms with Crippen molar-refractivity contribution in [1.29, 1.82) is 0 Å². The summed E-state index contributed by atoms with van der Waals surface area (Å²) in [5, 5.41) is 7.61. The molecular formula is C25H35N5O6. The average Bonchev–Trinajstić information content (AvgIpc) is 3.15. The smallest absolute Gasteiger partial charge is 0.328 e. The highest BCUT2D eigenvalue weighted by molar-refractivity contribution is 6.00. The Morgan fingerprint density at radius 3 is 2.31 bits per heavy atom. The van der Waals surface area contributed by atoms with Gasteiger partial charge in [0.15, 0.2) is 1.41 Å². The summed E-state index contributed by atoms with van der Waals surface area (Å²) in [5.41, 5.74) is 1.81. The second kappa shape index (κ2) is 13.4. The van der Waals surface area contributed by atoms with E-state index in [2.05, 4.69) is 15.4 Å². The number of aromatic nitrogens is 3. The van der Waals surface area contributed by atoms with Crippen LogP contribution >= 0.6 is 0 Å². The summed E-state index contributed by atoms with van der Waals surface area (Å²) in [5.74, 6) is -3.11. The number of nitrogens with one attached hydrogen (secondary N) is 2. The molecule has 0 aliphatic rings. The van der Waals surface area contributed by atoms with E-state index in [0.717, 1.165) is 0 Å². The molecule has 0 aliphatic carbocycles. The summed E-state index contributed by atoms with van der Waals surface area (Å²) in [4.78, 5) is 54.9. The number of carbonyl (C=O) groups excluding carboxylic acids is 4. The maximum atomic E-state index is 13.4. The van der Waals surface area contributed by atoms with E-state index in [9.17, 15) is 19.2 Å². The van der Waals surface area contributed by atoms with Crippen LogP contribution in [0, 0.1) is 19.8 Å². The van der Waals surface area contributed by atoms with Gasteiger partial charge in [0.05, 0.1) is 35.9 Å². The Bertz CT molecular complexity index is 1100. The van der Waals surface area contributed by atoms with Gasteiger partial charge in [0.25, 0.3) is 5.91 Å². The molecule has 2 atom stereocenters. The lowest BCUT2D eigenvalue weighted by Gasteiger charge is -2.25. The largest absolute Gasteiger partial charge is 0.466 e. The molecule has 11 nitrogen and oxygen atoms in total. The minimum absolute atomic E-state index is 0.0446. The van der Waals surface area contributed by atoms with Crippen LogP contribution in [-0.4, -0.2) is 63.8 Å². The molecule has 11 heteroatoms. The Kier molecular flexibility index (Phi) is 9.96. The molecule has 196 valence electrons. The van der Waals surface area contributed by atoms with Crippen LogP contribution in [-0.2, 0) is 23.9 Å². The second-order valence-electron chi connectivity index (χ2n) is 8.44. The van der Waals surface area contributed by atoms with E-state index in [1.54, 1.807) is 70.8 Å². The summed E-state index contributed by atoms with van der Waals surface area (Å²) in [6, 6.07) is 1.11. The van der Waals surface area contributed by atoms with Crippen LogP contribution in [0.1, 0.15) is 62.3 Å². The molecule has 0 aromatic carbocycles. The maximum Gasteiger partial charge on any atom is 0.328 e. The highest BCUT2D eigenvalue weighted by atomic mass is 16.5. The topological polar surface area (TPSA) is 142 Å². The molecule has 0 spiro atoms.